The van der Waals surface area contributed by atoms with Crippen molar-refractivity contribution in [1.82, 2.24) is 0 Å². The van der Waals surface area contributed by atoms with E-state index in [4.69, 9.17) is 12.2 Å². The Kier molecular flexibility index (Phi) is 4.25. The summed E-state index contributed by atoms with van der Waals surface area (Å²) >= 11 is 0. The Hall–Kier alpha value is -1.94. The third-order valence-electron chi connectivity index (χ3n) is 2.09. The van der Waals surface area contributed by atoms with Crippen LogP contribution in [0.15, 0.2) is 42.5 Å². The van der Waals surface area contributed by atoms with E-state index in [1.807, 2.05) is 43.3 Å². The lowest BCUT2D eigenvalue weighted by atomic mass is 10.0. The van der Waals surface area contributed by atoms with E-state index in [-0.39, 0.29) is 0 Å². The summed E-state index contributed by atoms with van der Waals surface area (Å²) in [6, 6.07) is 7.80. The maximum absolute atomic E-state index is 5.63. The molecule has 0 saturated carbocycles. The van der Waals surface area contributed by atoms with Crippen LogP contribution in [-0.4, -0.2) is 0 Å². The first-order valence-electron chi connectivity index (χ1n) is 4.90. The quantitative estimate of drug-likeness (QED) is 0.449. The molecule has 0 heterocycles. The average Bonchev–Trinajstić information content (AvgIpc) is 2.26. The molecule has 1 aromatic rings. The predicted molar refractivity (Wildman–Crippen MR) is 67.1 cm³/mol. The minimum atomic E-state index is 0.659. The molecule has 0 bridgehead atoms. The predicted octanol–water partition coefficient (Wildman–Crippen LogP) is 3.25. The maximum Gasteiger partial charge on any atom is 0.0314 e. The molecule has 0 aliphatic rings. The number of rotatable bonds is 3. The van der Waals surface area contributed by atoms with Crippen molar-refractivity contribution in [1.29, 1.82) is 0 Å². The monoisotopic (exact) mass is 197 g/mol. The largest absolute Gasteiger partial charge is 0.399 e. The van der Waals surface area contributed by atoms with Crippen molar-refractivity contribution in [3.05, 3.63) is 48.1 Å². The van der Waals surface area contributed by atoms with E-state index in [9.17, 15) is 0 Å². The third kappa shape index (κ3) is 3.36. The molecule has 1 rings (SSSR count). The molecule has 0 saturated heterocycles. The summed E-state index contributed by atoms with van der Waals surface area (Å²) in [6.07, 6.45) is 11.9. The summed E-state index contributed by atoms with van der Waals surface area (Å²) in [5.74, 6) is 2.57. The van der Waals surface area contributed by atoms with Gasteiger partial charge in [0.2, 0.25) is 0 Å². The van der Waals surface area contributed by atoms with Crippen LogP contribution < -0.4 is 5.73 Å². The van der Waals surface area contributed by atoms with Crippen LogP contribution in [0.25, 0.3) is 5.57 Å². The van der Waals surface area contributed by atoms with Gasteiger partial charge in [-0.15, -0.1) is 12.3 Å². The summed E-state index contributed by atoms with van der Waals surface area (Å²) in [4.78, 5) is 0. The van der Waals surface area contributed by atoms with Crippen LogP contribution in [0.3, 0.4) is 0 Å². The van der Waals surface area contributed by atoms with Gasteiger partial charge in [0.25, 0.3) is 0 Å². The van der Waals surface area contributed by atoms with E-state index in [0.29, 0.717) is 6.42 Å². The normalized spacial score (nSPS) is 11.6. The van der Waals surface area contributed by atoms with Gasteiger partial charge in [0.05, 0.1) is 0 Å². The van der Waals surface area contributed by atoms with Crippen LogP contribution in [0.1, 0.15) is 18.9 Å². The minimum Gasteiger partial charge on any atom is -0.399 e. The first kappa shape index (κ1) is 11.1. The molecule has 1 aromatic carbocycles. The molecule has 1 nitrogen and oxygen atoms in total. The molecule has 0 aromatic heterocycles. The van der Waals surface area contributed by atoms with Crippen molar-refractivity contribution in [2.45, 2.75) is 13.3 Å². The van der Waals surface area contributed by atoms with Crippen LogP contribution in [0.2, 0.25) is 0 Å². The Morgan fingerprint density at radius 3 is 2.60 bits per heavy atom. The Morgan fingerprint density at radius 1 is 1.40 bits per heavy atom. The van der Waals surface area contributed by atoms with E-state index in [0.717, 1.165) is 16.8 Å². The van der Waals surface area contributed by atoms with Crippen LogP contribution >= 0.6 is 0 Å². The van der Waals surface area contributed by atoms with Gasteiger partial charge in [0.1, 0.15) is 0 Å². The summed E-state index contributed by atoms with van der Waals surface area (Å²) in [5.41, 5.74) is 8.72. The number of hydrogen-bond donors (Lipinski definition) is 1. The van der Waals surface area contributed by atoms with Gasteiger partial charge < -0.3 is 5.73 Å². The zero-order valence-corrected chi connectivity index (χ0v) is 8.90. The van der Waals surface area contributed by atoms with Crippen molar-refractivity contribution in [2.24, 2.45) is 0 Å². The zero-order valence-electron chi connectivity index (χ0n) is 8.90. The molecule has 0 unspecified atom stereocenters. The van der Waals surface area contributed by atoms with Gasteiger partial charge in [-0.2, -0.15) is 0 Å². The number of allylic oxidation sites excluding steroid dienone is 4. The molecule has 0 aliphatic carbocycles. The first-order chi connectivity index (χ1) is 7.27. The van der Waals surface area contributed by atoms with Crippen LogP contribution in [0, 0.1) is 12.3 Å². The number of anilines is 1. The standard InChI is InChI=1S/C14H15N/c1-3-5-6-7-12(4-2)13-8-10-14(15)11-9-13/h1,4,6-11H,5,15H2,2H3/b7-6-,12-4+. The first-order valence-corrected chi connectivity index (χ1v) is 4.90. The Balaban J connectivity index is 2.85. The SMILES string of the molecule is C#CC/C=C\C(=C/C)c1ccc(N)cc1. The average molecular weight is 197 g/mol. The number of nitrogen functional groups attached to an aromatic ring is 1. The van der Waals surface area contributed by atoms with E-state index in [1.165, 1.54) is 0 Å². The highest BCUT2D eigenvalue weighted by molar-refractivity contribution is 5.74. The van der Waals surface area contributed by atoms with E-state index < -0.39 is 0 Å². The molecule has 0 aliphatic heterocycles. The molecule has 2 N–H and O–H groups in total. The van der Waals surface area contributed by atoms with Gasteiger partial charge in [0.15, 0.2) is 0 Å². The van der Waals surface area contributed by atoms with Gasteiger partial charge in [-0.1, -0.05) is 30.4 Å². The lowest BCUT2D eigenvalue weighted by Gasteiger charge is -2.02. The van der Waals surface area contributed by atoms with E-state index >= 15 is 0 Å². The van der Waals surface area contributed by atoms with Crippen molar-refractivity contribution in [2.75, 3.05) is 5.73 Å². The summed E-state index contributed by atoms with van der Waals surface area (Å²) in [7, 11) is 0. The number of hydrogen-bond acceptors (Lipinski definition) is 1. The molecule has 0 atom stereocenters. The van der Waals surface area contributed by atoms with Gasteiger partial charge in [-0.05, 0) is 30.2 Å². The highest BCUT2D eigenvalue weighted by Crippen LogP contribution is 2.17. The van der Waals surface area contributed by atoms with E-state index in [2.05, 4.69) is 12.0 Å². The Morgan fingerprint density at radius 2 is 2.07 bits per heavy atom. The molecular weight excluding hydrogens is 182 g/mol. The Labute approximate surface area is 91.3 Å². The molecule has 76 valence electrons. The summed E-state index contributed by atoms with van der Waals surface area (Å²) < 4.78 is 0. The van der Waals surface area contributed by atoms with Crippen molar-refractivity contribution in [3.8, 4) is 12.3 Å². The smallest absolute Gasteiger partial charge is 0.0314 e. The molecule has 1 heteroatoms. The molecule has 15 heavy (non-hydrogen) atoms. The summed E-state index contributed by atoms with van der Waals surface area (Å²) in [6.45, 7) is 2.01. The fourth-order valence-corrected chi connectivity index (χ4v) is 1.29. The van der Waals surface area contributed by atoms with Crippen molar-refractivity contribution >= 4 is 11.3 Å². The molecule has 0 radical (unpaired) electrons. The zero-order chi connectivity index (χ0) is 11.1. The third-order valence-corrected chi connectivity index (χ3v) is 2.09. The van der Waals surface area contributed by atoms with Gasteiger partial charge >= 0.3 is 0 Å². The fourth-order valence-electron chi connectivity index (χ4n) is 1.29. The van der Waals surface area contributed by atoms with Crippen molar-refractivity contribution < 1.29 is 0 Å². The second-order valence-corrected chi connectivity index (χ2v) is 3.18. The lowest BCUT2D eigenvalue weighted by Crippen LogP contribution is -1.85. The highest BCUT2D eigenvalue weighted by atomic mass is 14.5. The topological polar surface area (TPSA) is 26.0 Å². The van der Waals surface area contributed by atoms with E-state index in [1.54, 1.807) is 0 Å². The maximum atomic E-state index is 5.63. The number of nitrogens with two attached hydrogens (primary N) is 1. The summed E-state index contributed by atoms with van der Waals surface area (Å²) in [5, 5.41) is 0. The van der Waals surface area contributed by atoms with Crippen LogP contribution in [0.5, 0.6) is 0 Å². The van der Waals surface area contributed by atoms with Gasteiger partial charge in [0, 0.05) is 12.1 Å². The van der Waals surface area contributed by atoms with Crippen LogP contribution in [0.4, 0.5) is 5.69 Å². The minimum absolute atomic E-state index is 0.659. The molecule has 0 spiro atoms. The van der Waals surface area contributed by atoms with Crippen molar-refractivity contribution in [3.63, 3.8) is 0 Å². The lowest BCUT2D eigenvalue weighted by molar-refractivity contribution is 1.47. The van der Waals surface area contributed by atoms with Gasteiger partial charge in [-0.3, -0.25) is 0 Å². The molecule has 0 fully saturated rings. The van der Waals surface area contributed by atoms with Gasteiger partial charge in [-0.25, -0.2) is 0 Å². The Bertz CT molecular complexity index is 402. The number of benzene rings is 1. The second-order valence-electron chi connectivity index (χ2n) is 3.18. The van der Waals surface area contributed by atoms with Crippen LogP contribution in [-0.2, 0) is 0 Å². The number of terminal acetylenes is 1. The second kappa shape index (κ2) is 5.72. The fraction of sp³-hybridized carbons (Fsp3) is 0.143. The highest BCUT2D eigenvalue weighted by Gasteiger charge is 1.95. The molecular formula is C14H15N. The molecule has 0 amide bonds.